The van der Waals surface area contributed by atoms with Gasteiger partial charge in [0.1, 0.15) is 5.69 Å². The van der Waals surface area contributed by atoms with Gasteiger partial charge >= 0.3 is 6.18 Å². The van der Waals surface area contributed by atoms with E-state index in [0.29, 0.717) is 13.0 Å². The minimum absolute atomic E-state index is 0.0438. The fourth-order valence-electron chi connectivity index (χ4n) is 3.03. The molecule has 1 aliphatic rings. The molecule has 2 aromatic rings. The van der Waals surface area contributed by atoms with Gasteiger partial charge < -0.3 is 16.0 Å². The maximum atomic E-state index is 13.2. The predicted molar refractivity (Wildman–Crippen MR) is 92.3 cm³/mol. The number of nitrogens with one attached hydrogen (secondary N) is 1. The fraction of sp³-hybridized carbons (Fsp3) is 0.278. The Balaban J connectivity index is 1.67. The molecule has 27 heavy (non-hydrogen) atoms. The molecule has 6 nitrogen and oxygen atoms in total. The van der Waals surface area contributed by atoms with E-state index < -0.39 is 23.6 Å². The van der Waals surface area contributed by atoms with E-state index in [-0.39, 0.29) is 29.5 Å². The summed E-state index contributed by atoms with van der Waals surface area (Å²) in [6, 6.07) is 7.86. The Labute approximate surface area is 153 Å². The van der Waals surface area contributed by atoms with Crippen LogP contribution < -0.4 is 16.0 Å². The first kappa shape index (κ1) is 18.7. The van der Waals surface area contributed by atoms with Crippen LogP contribution in [0, 0.1) is 0 Å². The first-order valence-corrected chi connectivity index (χ1v) is 8.23. The standard InChI is InChI=1S/C18H17F3N4O2/c19-18(20,21)13-3-1-2-4-15(13)25-8-7-12(10-25)24-17(27)11-5-6-14(16(22)26)23-9-11/h1-6,9,12H,7-8,10H2,(H2,22,26)(H,24,27). The first-order chi connectivity index (χ1) is 12.8. The van der Waals surface area contributed by atoms with Gasteiger partial charge in [0.05, 0.1) is 11.1 Å². The molecule has 9 heteroatoms. The summed E-state index contributed by atoms with van der Waals surface area (Å²) in [7, 11) is 0. The molecule has 0 saturated carbocycles. The van der Waals surface area contributed by atoms with E-state index in [4.69, 9.17) is 5.73 Å². The van der Waals surface area contributed by atoms with Crippen LogP contribution in [-0.2, 0) is 6.18 Å². The lowest BCUT2D eigenvalue weighted by molar-refractivity contribution is -0.137. The van der Waals surface area contributed by atoms with Crippen molar-refractivity contribution in [2.24, 2.45) is 5.73 Å². The Morgan fingerprint density at radius 1 is 1.19 bits per heavy atom. The Morgan fingerprint density at radius 3 is 2.56 bits per heavy atom. The molecule has 0 spiro atoms. The van der Waals surface area contributed by atoms with Crippen molar-refractivity contribution >= 4 is 17.5 Å². The number of para-hydroxylation sites is 1. The molecule has 3 N–H and O–H groups in total. The number of nitrogens with two attached hydrogens (primary N) is 1. The molecule has 1 fully saturated rings. The second kappa shape index (κ2) is 7.26. The molecule has 2 heterocycles. The zero-order valence-electron chi connectivity index (χ0n) is 14.2. The second-order valence-electron chi connectivity index (χ2n) is 6.22. The molecule has 142 valence electrons. The normalized spacial score (nSPS) is 17.0. The number of primary amides is 1. The van der Waals surface area contributed by atoms with E-state index in [1.165, 1.54) is 30.5 Å². The second-order valence-corrected chi connectivity index (χ2v) is 6.22. The van der Waals surface area contributed by atoms with Gasteiger partial charge in [-0.1, -0.05) is 12.1 Å². The lowest BCUT2D eigenvalue weighted by atomic mass is 10.1. The Kier molecular flexibility index (Phi) is 5.02. The van der Waals surface area contributed by atoms with Crippen LogP contribution in [0.2, 0.25) is 0 Å². The first-order valence-electron chi connectivity index (χ1n) is 8.23. The fourth-order valence-corrected chi connectivity index (χ4v) is 3.03. The number of halogens is 3. The van der Waals surface area contributed by atoms with Gasteiger partial charge in [0.2, 0.25) is 0 Å². The molecular weight excluding hydrogens is 361 g/mol. The number of carbonyl (C=O) groups excluding carboxylic acids is 2. The SMILES string of the molecule is NC(=O)c1ccc(C(=O)NC2CCN(c3ccccc3C(F)(F)F)C2)cn1. The quantitative estimate of drug-likeness (QED) is 0.854. The van der Waals surface area contributed by atoms with Crippen LogP contribution in [0.4, 0.5) is 18.9 Å². The predicted octanol–water partition coefficient (Wildman–Crippen LogP) is 2.21. The molecule has 1 saturated heterocycles. The van der Waals surface area contributed by atoms with Crippen LogP contribution in [0.15, 0.2) is 42.6 Å². The van der Waals surface area contributed by atoms with Crippen molar-refractivity contribution in [3.63, 3.8) is 0 Å². The average Bonchev–Trinajstić information content (AvgIpc) is 3.09. The summed E-state index contributed by atoms with van der Waals surface area (Å²) < 4.78 is 39.6. The Hall–Kier alpha value is -3.10. The molecular formula is C18H17F3N4O2. The summed E-state index contributed by atoms with van der Waals surface area (Å²) in [6.07, 6.45) is -2.68. The highest BCUT2D eigenvalue weighted by molar-refractivity contribution is 5.96. The van der Waals surface area contributed by atoms with Gasteiger partial charge in [-0.15, -0.1) is 0 Å². The molecule has 1 unspecified atom stereocenters. The maximum absolute atomic E-state index is 13.2. The number of pyridine rings is 1. The van der Waals surface area contributed by atoms with Crippen molar-refractivity contribution in [2.75, 3.05) is 18.0 Å². The minimum Gasteiger partial charge on any atom is -0.369 e. The van der Waals surface area contributed by atoms with E-state index in [0.717, 1.165) is 6.07 Å². The highest BCUT2D eigenvalue weighted by Gasteiger charge is 2.36. The van der Waals surface area contributed by atoms with E-state index in [1.54, 1.807) is 11.0 Å². The lowest BCUT2D eigenvalue weighted by Gasteiger charge is -2.23. The number of carbonyl (C=O) groups is 2. The van der Waals surface area contributed by atoms with Crippen molar-refractivity contribution in [3.05, 3.63) is 59.4 Å². The Morgan fingerprint density at radius 2 is 1.93 bits per heavy atom. The van der Waals surface area contributed by atoms with Crippen molar-refractivity contribution < 1.29 is 22.8 Å². The molecule has 1 aromatic heterocycles. The average molecular weight is 378 g/mol. The molecule has 0 aliphatic carbocycles. The third-order valence-corrected chi connectivity index (χ3v) is 4.35. The van der Waals surface area contributed by atoms with Crippen LogP contribution in [-0.4, -0.2) is 35.9 Å². The van der Waals surface area contributed by atoms with Gasteiger partial charge in [0, 0.05) is 31.0 Å². The number of benzene rings is 1. The number of nitrogens with zero attached hydrogens (tertiary/aromatic N) is 2. The molecule has 1 aliphatic heterocycles. The molecule has 2 amide bonds. The molecule has 0 radical (unpaired) electrons. The molecule has 0 bridgehead atoms. The van der Waals surface area contributed by atoms with Crippen molar-refractivity contribution in [1.82, 2.24) is 10.3 Å². The van der Waals surface area contributed by atoms with Gasteiger partial charge in [0.25, 0.3) is 11.8 Å². The summed E-state index contributed by atoms with van der Waals surface area (Å²) in [5.74, 6) is -1.11. The summed E-state index contributed by atoms with van der Waals surface area (Å²) in [5.41, 5.74) is 4.80. The van der Waals surface area contributed by atoms with Gasteiger partial charge in [-0.3, -0.25) is 14.6 Å². The lowest BCUT2D eigenvalue weighted by Crippen LogP contribution is -2.37. The van der Waals surface area contributed by atoms with Gasteiger partial charge in [0.15, 0.2) is 0 Å². The summed E-state index contributed by atoms with van der Waals surface area (Å²) in [5, 5.41) is 2.78. The molecule has 3 rings (SSSR count). The van der Waals surface area contributed by atoms with E-state index >= 15 is 0 Å². The number of anilines is 1. The van der Waals surface area contributed by atoms with Crippen molar-refractivity contribution in [2.45, 2.75) is 18.6 Å². The van der Waals surface area contributed by atoms with Crippen molar-refractivity contribution in [3.8, 4) is 0 Å². The topological polar surface area (TPSA) is 88.3 Å². The minimum atomic E-state index is -4.44. The molecule has 1 atom stereocenters. The Bertz CT molecular complexity index is 852. The zero-order chi connectivity index (χ0) is 19.6. The van der Waals surface area contributed by atoms with E-state index in [1.807, 2.05) is 0 Å². The highest BCUT2D eigenvalue weighted by Crippen LogP contribution is 2.37. The van der Waals surface area contributed by atoms with Crippen LogP contribution >= 0.6 is 0 Å². The smallest absolute Gasteiger partial charge is 0.369 e. The number of rotatable bonds is 4. The third-order valence-electron chi connectivity index (χ3n) is 4.35. The molecule has 1 aromatic carbocycles. The van der Waals surface area contributed by atoms with Crippen LogP contribution in [0.1, 0.15) is 32.8 Å². The number of amides is 2. The van der Waals surface area contributed by atoms with E-state index in [9.17, 15) is 22.8 Å². The monoisotopic (exact) mass is 378 g/mol. The van der Waals surface area contributed by atoms with E-state index in [2.05, 4.69) is 10.3 Å². The van der Waals surface area contributed by atoms with Gasteiger partial charge in [-0.05, 0) is 30.7 Å². The maximum Gasteiger partial charge on any atom is 0.418 e. The summed E-state index contributed by atoms with van der Waals surface area (Å²) >= 11 is 0. The number of hydrogen-bond acceptors (Lipinski definition) is 4. The largest absolute Gasteiger partial charge is 0.418 e. The van der Waals surface area contributed by atoms with Crippen LogP contribution in [0.25, 0.3) is 0 Å². The van der Waals surface area contributed by atoms with Gasteiger partial charge in [-0.2, -0.15) is 13.2 Å². The zero-order valence-corrected chi connectivity index (χ0v) is 14.2. The summed E-state index contributed by atoms with van der Waals surface area (Å²) in [4.78, 5) is 28.7. The van der Waals surface area contributed by atoms with Crippen LogP contribution in [0.5, 0.6) is 0 Å². The number of hydrogen-bond donors (Lipinski definition) is 2. The third kappa shape index (κ3) is 4.18. The number of aromatic nitrogens is 1. The highest BCUT2D eigenvalue weighted by atomic mass is 19.4. The number of alkyl halides is 3. The summed E-state index contributed by atoms with van der Waals surface area (Å²) in [6.45, 7) is 0.669. The van der Waals surface area contributed by atoms with Crippen molar-refractivity contribution in [1.29, 1.82) is 0 Å². The van der Waals surface area contributed by atoms with Gasteiger partial charge in [-0.25, -0.2) is 0 Å². The van der Waals surface area contributed by atoms with Crippen LogP contribution in [0.3, 0.4) is 0 Å².